The maximum absolute atomic E-state index is 13.0. The molecule has 3 aliphatic rings. The van der Waals surface area contributed by atoms with Crippen LogP contribution in [0.2, 0.25) is 0 Å². The monoisotopic (exact) mass is 647 g/mol. The van der Waals surface area contributed by atoms with Crippen LogP contribution in [0.3, 0.4) is 0 Å². The molecule has 2 fully saturated rings. The van der Waals surface area contributed by atoms with E-state index in [1.807, 2.05) is 51.6 Å². The van der Waals surface area contributed by atoms with Crippen molar-refractivity contribution in [3.05, 3.63) is 39.5 Å². The van der Waals surface area contributed by atoms with Gasteiger partial charge in [0.25, 0.3) is 0 Å². The van der Waals surface area contributed by atoms with E-state index in [-0.39, 0.29) is 48.2 Å². The lowest BCUT2D eigenvalue weighted by molar-refractivity contribution is 0.0118. The molecule has 3 heterocycles. The minimum absolute atomic E-state index is 0.0860. The van der Waals surface area contributed by atoms with Crippen molar-refractivity contribution in [1.29, 1.82) is 10.7 Å². The molecule has 0 aromatic carbocycles. The van der Waals surface area contributed by atoms with Gasteiger partial charge in [0.1, 0.15) is 34.7 Å². The first-order valence-electron chi connectivity index (χ1n) is 16.1. The summed E-state index contributed by atoms with van der Waals surface area (Å²) < 4.78 is 11.7. The summed E-state index contributed by atoms with van der Waals surface area (Å²) in [7, 11) is 3.76. The van der Waals surface area contributed by atoms with Gasteiger partial charge in [0.15, 0.2) is 0 Å². The van der Waals surface area contributed by atoms with Gasteiger partial charge in [-0.3, -0.25) is 4.90 Å². The van der Waals surface area contributed by atoms with Gasteiger partial charge in [-0.05, 0) is 76.3 Å². The van der Waals surface area contributed by atoms with Crippen LogP contribution in [0.15, 0.2) is 22.8 Å². The quantitative estimate of drug-likeness (QED) is 0.161. The molecule has 1 saturated heterocycles. The zero-order chi connectivity index (χ0) is 33.3. The highest BCUT2D eigenvalue weighted by molar-refractivity contribution is 7.16. The summed E-state index contributed by atoms with van der Waals surface area (Å²) in [5.74, 6) is 0.462. The number of rotatable bonds is 10. The molecule has 2 unspecified atom stereocenters. The van der Waals surface area contributed by atoms with Gasteiger partial charge in [-0.1, -0.05) is 20.3 Å². The molecule has 0 radical (unpaired) electrons. The Morgan fingerprint density at radius 2 is 2.13 bits per heavy atom. The van der Waals surface area contributed by atoms with Crippen LogP contribution >= 0.6 is 11.3 Å². The Bertz CT molecular complexity index is 1580. The van der Waals surface area contributed by atoms with E-state index in [0.29, 0.717) is 52.9 Å². The maximum Gasteiger partial charge on any atom is 0.410 e. The molecule has 2 N–H and O–H groups in total. The summed E-state index contributed by atoms with van der Waals surface area (Å²) in [5.41, 5.74) is 1.85. The number of hydrogen-bond acceptors (Lipinski definition) is 10. The molecule has 2 aliphatic carbocycles. The van der Waals surface area contributed by atoms with Crippen LogP contribution in [0.1, 0.15) is 94.3 Å². The molecule has 1 aliphatic heterocycles. The second-order valence-corrected chi connectivity index (χ2v) is 14.8. The van der Waals surface area contributed by atoms with Crippen LogP contribution in [-0.2, 0) is 11.2 Å². The fourth-order valence-corrected chi connectivity index (χ4v) is 7.94. The Morgan fingerprint density at radius 1 is 1.37 bits per heavy atom. The molecule has 2 aromatic heterocycles. The largest absolute Gasteiger partial charge is 0.505 e. The predicted octanol–water partition coefficient (Wildman–Crippen LogP) is 6.86. The number of nitrogens with one attached hydrogen (secondary N) is 1. The lowest BCUT2D eigenvalue weighted by Gasteiger charge is -2.31. The SMILES string of the molecule is CCC/C(C(=N)[C@H]1CCCc2sc(/N=C/N(C)C)c(C#N)c21)=C(/O)c1ccnc(OC[C@@H]2CC3C([C@H]3C)N2C(=O)OC(C)(C)C)n1. The number of amides is 1. The van der Waals surface area contributed by atoms with Crippen LogP contribution in [0, 0.1) is 28.6 Å². The number of carbonyl (C=O) groups is 1. The fourth-order valence-electron chi connectivity index (χ4n) is 6.75. The highest BCUT2D eigenvalue weighted by atomic mass is 32.1. The molecule has 1 saturated carbocycles. The number of allylic oxidation sites excluding steroid dienone is 1. The van der Waals surface area contributed by atoms with E-state index >= 15 is 0 Å². The van der Waals surface area contributed by atoms with Crippen molar-refractivity contribution in [2.24, 2.45) is 16.8 Å². The summed E-state index contributed by atoms with van der Waals surface area (Å²) in [6.07, 6.45) is 7.34. The van der Waals surface area contributed by atoms with Crippen molar-refractivity contribution < 1.29 is 19.4 Å². The summed E-state index contributed by atoms with van der Waals surface area (Å²) in [4.78, 5) is 31.1. The van der Waals surface area contributed by atoms with Crippen molar-refractivity contribution in [1.82, 2.24) is 19.8 Å². The smallest absolute Gasteiger partial charge is 0.410 e. The number of thiophene rings is 1. The Labute approximate surface area is 275 Å². The minimum Gasteiger partial charge on any atom is -0.505 e. The Morgan fingerprint density at radius 3 is 2.80 bits per heavy atom. The first kappa shape index (κ1) is 33.4. The maximum atomic E-state index is 13.0. The first-order valence-corrected chi connectivity index (χ1v) is 16.9. The molecule has 0 spiro atoms. The number of aliphatic imine (C=N–C) groups is 1. The van der Waals surface area contributed by atoms with Gasteiger partial charge in [-0.2, -0.15) is 10.2 Å². The second-order valence-electron chi connectivity index (χ2n) is 13.7. The van der Waals surface area contributed by atoms with E-state index in [1.54, 1.807) is 12.4 Å². The molecule has 2 aromatic rings. The topological polar surface area (TPSA) is 148 Å². The van der Waals surface area contributed by atoms with Gasteiger partial charge >= 0.3 is 12.1 Å². The van der Waals surface area contributed by atoms with E-state index in [2.05, 4.69) is 28.0 Å². The molecule has 0 bridgehead atoms. The number of aliphatic hydroxyl groups excluding tert-OH is 1. The molecular weight excluding hydrogens is 602 g/mol. The summed E-state index contributed by atoms with van der Waals surface area (Å²) in [6, 6.07) is 4.05. The highest BCUT2D eigenvalue weighted by Gasteiger charge is 2.61. The van der Waals surface area contributed by atoms with Crippen molar-refractivity contribution in [2.75, 3.05) is 20.7 Å². The average Bonchev–Trinajstić information content (AvgIpc) is 3.32. The van der Waals surface area contributed by atoms with Gasteiger partial charge < -0.3 is 24.9 Å². The number of aryl methyl sites for hydroxylation is 1. The Hall–Kier alpha value is -3.98. The van der Waals surface area contributed by atoms with Gasteiger partial charge in [0.2, 0.25) is 0 Å². The number of nitrogens with zero attached hydrogens (tertiary/aromatic N) is 6. The van der Waals surface area contributed by atoms with Gasteiger partial charge in [-0.15, -0.1) is 11.3 Å². The van der Waals surface area contributed by atoms with E-state index in [4.69, 9.17) is 9.47 Å². The third-order valence-corrected chi connectivity index (χ3v) is 10.1. The number of nitriles is 1. The third-order valence-electron chi connectivity index (χ3n) is 8.88. The first-order chi connectivity index (χ1) is 21.8. The van der Waals surface area contributed by atoms with Crippen LogP contribution in [-0.4, -0.2) is 81.4 Å². The van der Waals surface area contributed by atoms with Gasteiger partial charge in [-0.25, -0.2) is 14.8 Å². The van der Waals surface area contributed by atoms with Crippen molar-refractivity contribution in [3.8, 4) is 12.1 Å². The van der Waals surface area contributed by atoms with Crippen LogP contribution in [0.5, 0.6) is 6.01 Å². The molecule has 5 rings (SSSR count). The lowest BCUT2D eigenvalue weighted by Crippen LogP contribution is -2.45. The third kappa shape index (κ3) is 6.89. The average molecular weight is 648 g/mol. The Kier molecular flexibility index (Phi) is 9.73. The molecule has 46 heavy (non-hydrogen) atoms. The fraction of sp³-hybridized carbons (Fsp3) is 0.588. The number of ether oxygens (including phenoxy) is 2. The number of fused-ring (bicyclic) bond motifs is 2. The number of aromatic nitrogens is 2. The number of likely N-dealkylation sites (tertiary alicyclic amines) is 1. The van der Waals surface area contributed by atoms with Crippen LogP contribution < -0.4 is 4.74 Å². The van der Waals surface area contributed by atoms with Gasteiger partial charge in [0.05, 0.1) is 17.9 Å². The normalized spacial score (nSPS) is 24.1. The summed E-state index contributed by atoms with van der Waals surface area (Å²) in [6.45, 7) is 9.96. The van der Waals surface area contributed by atoms with Crippen molar-refractivity contribution in [2.45, 2.75) is 96.7 Å². The zero-order valence-corrected chi connectivity index (χ0v) is 28.6. The van der Waals surface area contributed by atoms with Gasteiger partial charge in [0, 0.05) is 48.4 Å². The second kappa shape index (κ2) is 13.4. The molecule has 12 heteroatoms. The molecule has 1 amide bonds. The molecule has 246 valence electrons. The standard InChI is InChI=1S/C34H45N7O4S/c1-8-10-22(28(36)21-11-9-12-26-27(21)24(16-35)31(46-26)38-18-40(6)7)30(42)25-13-14-37-32(39-25)44-17-20-15-23-19(2)29(23)41(20)33(43)45-34(3,4)5/h13-14,18-21,23,29,36,42H,8-12,15,17H2,1-7H3/b30-22-,36-28?,38-18+/t19-,20-,21-,23?,29?/m0/s1. The number of aliphatic hydroxyl groups is 1. The summed E-state index contributed by atoms with van der Waals surface area (Å²) in [5, 5.41) is 31.7. The Balaban J connectivity index is 1.37. The van der Waals surface area contributed by atoms with Crippen molar-refractivity contribution in [3.63, 3.8) is 0 Å². The number of piperidine rings is 1. The predicted molar refractivity (Wildman–Crippen MR) is 179 cm³/mol. The zero-order valence-electron chi connectivity index (χ0n) is 27.8. The van der Waals surface area contributed by atoms with Crippen molar-refractivity contribution >= 4 is 40.2 Å². The van der Waals surface area contributed by atoms with Crippen LogP contribution in [0.25, 0.3) is 5.76 Å². The van der Waals surface area contributed by atoms with E-state index < -0.39 is 5.60 Å². The van der Waals surface area contributed by atoms with E-state index in [0.717, 1.165) is 29.7 Å². The highest BCUT2D eigenvalue weighted by Crippen LogP contribution is 2.53. The summed E-state index contributed by atoms with van der Waals surface area (Å²) >= 11 is 1.51. The molecule has 11 nitrogen and oxygen atoms in total. The number of hydrogen-bond donors (Lipinski definition) is 2. The number of carbonyl (C=O) groups excluding carboxylic acids is 1. The molecule has 5 atom stereocenters. The lowest BCUT2D eigenvalue weighted by atomic mass is 9.79. The van der Waals surface area contributed by atoms with Crippen LogP contribution in [0.4, 0.5) is 9.80 Å². The van der Waals surface area contributed by atoms with E-state index in [9.17, 15) is 20.6 Å². The minimum atomic E-state index is -0.592. The molecular formula is C34H45N7O4S. The van der Waals surface area contributed by atoms with E-state index in [1.165, 1.54) is 17.5 Å².